The zero-order valence-corrected chi connectivity index (χ0v) is 11.1. The van der Waals surface area contributed by atoms with Gasteiger partial charge in [0.15, 0.2) is 6.61 Å². The molecule has 1 N–H and O–H groups in total. The normalized spacial score (nSPS) is 10.1. The van der Waals surface area contributed by atoms with Crippen LogP contribution in [0.3, 0.4) is 0 Å². The van der Waals surface area contributed by atoms with E-state index in [2.05, 4.69) is 5.32 Å². The number of ether oxygens (including phenoxy) is 1. The minimum absolute atomic E-state index is 0.0750. The highest BCUT2D eigenvalue weighted by atomic mass is 19.1. The van der Waals surface area contributed by atoms with E-state index in [1.54, 1.807) is 0 Å². The van der Waals surface area contributed by atoms with E-state index in [1.165, 1.54) is 12.1 Å². The number of benzene rings is 2. The molecule has 0 radical (unpaired) electrons. The van der Waals surface area contributed by atoms with Gasteiger partial charge in [-0.05, 0) is 36.4 Å². The summed E-state index contributed by atoms with van der Waals surface area (Å²) in [6, 6.07) is 7.06. The van der Waals surface area contributed by atoms with Gasteiger partial charge in [0.1, 0.15) is 17.5 Å². The maximum Gasteiger partial charge on any atom is 0.338 e. The highest BCUT2D eigenvalue weighted by Crippen LogP contribution is 2.12. The van der Waals surface area contributed by atoms with E-state index in [0.29, 0.717) is 6.07 Å². The third kappa shape index (κ3) is 4.34. The van der Waals surface area contributed by atoms with Crippen LogP contribution in [0.1, 0.15) is 10.4 Å². The Hall–Kier alpha value is -2.83. The second kappa shape index (κ2) is 6.75. The average Bonchev–Trinajstić information content (AvgIpc) is 2.44. The Morgan fingerprint density at radius 2 is 1.50 bits per heavy atom. The molecule has 0 heterocycles. The van der Waals surface area contributed by atoms with Crippen molar-refractivity contribution in [1.29, 1.82) is 0 Å². The molecule has 22 heavy (non-hydrogen) atoms. The number of halogens is 3. The lowest BCUT2D eigenvalue weighted by Crippen LogP contribution is -2.21. The Bertz CT molecular complexity index is 681. The summed E-state index contributed by atoms with van der Waals surface area (Å²) in [6.45, 7) is -0.645. The Balaban J connectivity index is 1.89. The first-order chi connectivity index (χ1) is 10.4. The molecule has 7 heteroatoms. The van der Waals surface area contributed by atoms with Gasteiger partial charge in [-0.3, -0.25) is 4.79 Å². The van der Waals surface area contributed by atoms with Crippen LogP contribution in [0.5, 0.6) is 0 Å². The molecule has 0 aliphatic heterocycles. The topological polar surface area (TPSA) is 55.4 Å². The van der Waals surface area contributed by atoms with E-state index in [9.17, 15) is 22.8 Å². The summed E-state index contributed by atoms with van der Waals surface area (Å²) in [4.78, 5) is 23.1. The average molecular weight is 309 g/mol. The number of rotatable bonds is 4. The molecule has 2 aromatic carbocycles. The largest absolute Gasteiger partial charge is 0.452 e. The van der Waals surface area contributed by atoms with Crippen molar-refractivity contribution < 1.29 is 27.5 Å². The molecule has 2 rings (SSSR count). The van der Waals surface area contributed by atoms with Gasteiger partial charge in [-0.2, -0.15) is 0 Å². The molecular formula is C15H10F3NO3. The molecule has 0 aromatic heterocycles. The Kier molecular flexibility index (Phi) is 4.77. The van der Waals surface area contributed by atoms with Gasteiger partial charge < -0.3 is 10.1 Å². The zero-order valence-electron chi connectivity index (χ0n) is 11.1. The Morgan fingerprint density at radius 1 is 0.909 bits per heavy atom. The van der Waals surface area contributed by atoms with Crippen LogP contribution in [-0.4, -0.2) is 18.5 Å². The third-order valence-corrected chi connectivity index (χ3v) is 2.56. The van der Waals surface area contributed by atoms with E-state index in [-0.39, 0.29) is 11.3 Å². The quantitative estimate of drug-likeness (QED) is 0.884. The molecule has 0 aliphatic rings. The molecule has 0 spiro atoms. The van der Waals surface area contributed by atoms with Crippen LogP contribution < -0.4 is 5.32 Å². The number of esters is 1. The van der Waals surface area contributed by atoms with E-state index in [1.807, 2.05) is 0 Å². The van der Waals surface area contributed by atoms with Gasteiger partial charge in [0.25, 0.3) is 5.91 Å². The first kappa shape index (κ1) is 15.6. The SMILES string of the molecule is O=C(COC(=O)c1ccc(F)cc1)Nc1cc(F)cc(F)c1. The van der Waals surface area contributed by atoms with Crippen molar-refractivity contribution in [2.45, 2.75) is 0 Å². The van der Waals surface area contributed by atoms with E-state index < -0.39 is 35.9 Å². The molecule has 0 unspecified atom stereocenters. The van der Waals surface area contributed by atoms with Crippen molar-refractivity contribution in [3.63, 3.8) is 0 Å². The lowest BCUT2D eigenvalue weighted by molar-refractivity contribution is -0.119. The monoisotopic (exact) mass is 309 g/mol. The summed E-state index contributed by atoms with van der Waals surface area (Å²) >= 11 is 0. The van der Waals surface area contributed by atoms with Crippen molar-refractivity contribution in [3.05, 3.63) is 65.5 Å². The Labute approximate surface area is 123 Å². The highest BCUT2D eigenvalue weighted by molar-refractivity contribution is 5.95. The van der Waals surface area contributed by atoms with Crippen molar-refractivity contribution in [3.8, 4) is 0 Å². The third-order valence-electron chi connectivity index (χ3n) is 2.56. The molecule has 0 fully saturated rings. The number of carbonyl (C=O) groups excluding carboxylic acids is 2. The predicted molar refractivity (Wildman–Crippen MR) is 71.7 cm³/mol. The summed E-state index contributed by atoms with van der Waals surface area (Å²) in [7, 11) is 0. The predicted octanol–water partition coefficient (Wildman–Crippen LogP) is 2.90. The van der Waals surface area contributed by atoms with Crippen molar-refractivity contribution in [2.75, 3.05) is 11.9 Å². The minimum Gasteiger partial charge on any atom is -0.452 e. The molecule has 114 valence electrons. The summed E-state index contributed by atoms with van der Waals surface area (Å²) in [5, 5.41) is 2.18. The van der Waals surface area contributed by atoms with Crippen LogP contribution in [0.15, 0.2) is 42.5 Å². The van der Waals surface area contributed by atoms with Crippen molar-refractivity contribution >= 4 is 17.6 Å². The summed E-state index contributed by atoms with van der Waals surface area (Å²) < 4.78 is 43.3. The molecule has 1 amide bonds. The second-order valence-corrected chi connectivity index (χ2v) is 4.29. The lowest BCUT2D eigenvalue weighted by Gasteiger charge is -2.07. The zero-order chi connectivity index (χ0) is 16.1. The van der Waals surface area contributed by atoms with E-state index in [0.717, 1.165) is 24.3 Å². The first-order valence-electron chi connectivity index (χ1n) is 6.12. The number of hydrogen-bond acceptors (Lipinski definition) is 3. The second-order valence-electron chi connectivity index (χ2n) is 4.29. The number of anilines is 1. The standard InChI is InChI=1S/C15H10F3NO3/c16-10-3-1-9(2-4-10)15(21)22-8-14(20)19-13-6-11(17)5-12(18)7-13/h1-7H,8H2,(H,19,20). The van der Waals surface area contributed by atoms with Gasteiger partial charge in [-0.15, -0.1) is 0 Å². The van der Waals surface area contributed by atoms with Crippen LogP contribution in [0.2, 0.25) is 0 Å². The fourth-order valence-corrected chi connectivity index (χ4v) is 1.62. The molecule has 0 atom stereocenters. The smallest absolute Gasteiger partial charge is 0.338 e. The lowest BCUT2D eigenvalue weighted by atomic mass is 10.2. The van der Waals surface area contributed by atoms with Crippen molar-refractivity contribution in [1.82, 2.24) is 0 Å². The maximum absolute atomic E-state index is 12.9. The highest BCUT2D eigenvalue weighted by Gasteiger charge is 2.11. The minimum atomic E-state index is -0.849. The van der Waals surface area contributed by atoms with Crippen LogP contribution in [0, 0.1) is 17.5 Å². The number of carbonyl (C=O) groups is 2. The molecular weight excluding hydrogens is 299 g/mol. The van der Waals surface area contributed by atoms with Crippen LogP contribution in [0.4, 0.5) is 18.9 Å². The molecule has 2 aromatic rings. The molecule has 0 aliphatic carbocycles. The summed E-state index contributed by atoms with van der Waals surface area (Å²) in [5.74, 6) is -3.79. The van der Waals surface area contributed by atoms with Crippen LogP contribution >= 0.6 is 0 Å². The molecule has 0 bridgehead atoms. The first-order valence-corrected chi connectivity index (χ1v) is 6.12. The molecule has 4 nitrogen and oxygen atoms in total. The number of amides is 1. The molecule has 0 saturated heterocycles. The van der Waals surface area contributed by atoms with Gasteiger partial charge in [0.05, 0.1) is 5.56 Å². The number of hydrogen-bond donors (Lipinski definition) is 1. The summed E-state index contributed by atoms with van der Waals surface area (Å²) in [5.41, 5.74) is -0.0219. The molecule has 0 saturated carbocycles. The number of nitrogens with one attached hydrogen (secondary N) is 1. The maximum atomic E-state index is 12.9. The van der Waals surface area contributed by atoms with Crippen molar-refractivity contribution in [2.24, 2.45) is 0 Å². The Morgan fingerprint density at radius 3 is 2.09 bits per heavy atom. The van der Waals surface area contributed by atoms with Crippen LogP contribution in [0.25, 0.3) is 0 Å². The fourth-order valence-electron chi connectivity index (χ4n) is 1.62. The van der Waals surface area contributed by atoms with Gasteiger partial charge in [-0.1, -0.05) is 0 Å². The van der Waals surface area contributed by atoms with E-state index >= 15 is 0 Å². The van der Waals surface area contributed by atoms with Crippen LogP contribution in [-0.2, 0) is 9.53 Å². The van der Waals surface area contributed by atoms with Gasteiger partial charge >= 0.3 is 5.97 Å². The summed E-state index contributed by atoms with van der Waals surface area (Å²) in [6.07, 6.45) is 0. The fraction of sp³-hybridized carbons (Fsp3) is 0.0667. The van der Waals surface area contributed by atoms with Gasteiger partial charge in [0.2, 0.25) is 0 Å². The van der Waals surface area contributed by atoms with E-state index in [4.69, 9.17) is 4.74 Å². The van der Waals surface area contributed by atoms with Gasteiger partial charge in [0, 0.05) is 11.8 Å². The van der Waals surface area contributed by atoms with Gasteiger partial charge in [-0.25, -0.2) is 18.0 Å².